The van der Waals surface area contributed by atoms with Crippen LogP contribution in [0.2, 0.25) is 0 Å². The Bertz CT molecular complexity index is 857. The summed E-state index contributed by atoms with van der Waals surface area (Å²) in [7, 11) is 0. The van der Waals surface area contributed by atoms with Gasteiger partial charge in [-0.15, -0.1) is 0 Å². The number of rotatable bonds is 3. The van der Waals surface area contributed by atoms with Crippen LogP contribution in [-0.2, 0) is 12.0 Å². The van der Waals surface area contributed by atoms with E-state index in [1.807, 2.05) is 6.20 Å². The van der Waals surface area contributed by atoms with Crippen molar-refractivity contribution < 1.29 is 0 Å². The van der Waals surface area contributed by atoms with E-state index in [4.69, 9.17) is 5.41 Å². The Labute approximate surface area is 144 Å². The number of aromatic nitrogens is 3. The van der Waals surface area contributed by atoms with Crippen molar-refractivity contribution in [3.8, 4) is 0 Å². The molecule has 0 unspecified atom stereocenters. The predicted molar refractivity (Wildman–Crippen MR) is 94.4 cm³/mol. The molecule has 0 saturated carbocycles. The quantitative estimate of drug-likeness (QED) is 0.568. The molecule has 0 bridgehead atoms. The van der Waals surface area contributed by atoms with Crippen LogP contribution in [0.5, 0.6) is 0 Å². The Kier molecular flexibility index (Phi) is 4.09. The van der Waals surface area contributed by atoms with Gasteiger partial charge in [-0.1, -0.05) is 0 Å². The van der Waals surface area contributed by atoms with Crippen molar-refractivity contribution in [3.63, 3.8) is 0 Å². The Morgan fingerprint density at radius 3 is 2.52 bits per heavy atom. The molecule has 0 aliphatic heterocycles. The topological polar surface area (TPSA) is 54.6 Å². The summed E-state index contributed by atoms with van der Waals surface area (Å²) in [6, 6.07) is 8.70. The summed E-state index contributed by atoms with van der Waals surface area (Å²) in [5.41, 5.74) is 4.40. The fourth-order valence-corrected chi connectivity index (χ4v) is 2.98. The first-order valence-electron chi connectivity index (χ1n) is 7.50. The van der Waals surface area contributed by atoms with E-state index in [1.54, 1.807) is 12.5 Å². The Hall–Kier alpha value is -1.97. The summed E-state index contributed by atoms with van der Waals surface area (Å²) in [5, 5.41) is 8.79. The third-order valence-electron chi connectivity index (χ3n) is 3.96. The first-order valence-corrected chi connectivity index (χ1v) is 8.36. The van der Waals surface area contributed by atoms with E-state index < -0.39 is 0 Å². The van der Waals surface area contributed by atoms with Crippen molar-refractivity contribution >= 4 is 31.7 Å². The molecule has 0 saturated heterocycles. The van der Waals surface area contributed by atoms with Crippen LogP contribution < -0.4 is 0 Å². The molecule has 23 heavy (non-hydrogen) atoms. The molecule has 2 heterocycles. The number of nitrogens with one attached hydrogen (secondary N) is 1. The van der Waals surface area contributed by atoms with Gasteiger partial charge < -0.3 is 0 Å². The molecule has 2 aromatic heterocycles. The van der Waals surface area contributed by atoms with E-state index >= 15 is 0 Å². The Morgan fingerprint density at radius 1 is 1.22 bits per heavy atom. The van der Waals surface area contributed by atoms with E-state index in [1.165, 1.54) is 11.1 Å². The molecule has 0 fully saturated rings. The Morgan fingerprint density at radius 2 is 1.91 bits per heavy atom. The molecule has 4 nitrogen and oxygen atoms in total. The van der Waals surface area contributed by atoms with Gasteiger partial charge in [-0.2, -0.15) is 0 Å². The third kappa shape index (κ3) is 3.21. The summed E-state index contributed by atoms with van der Waals surface area (Å²) in [6.45, 7) is 7.38. The molecular weight excluding hydrogens is 351 g/mol. The summed E-state index contributed by atoms with van der Waals surface area (Å²) in [4.78, 5) is 8.46. The van der Waals surface area contributed by atoms with E-state index in [0.29, 0.717) is 4.61 Å². The zero-order chi connectivity index (χ0) is 16.6. The Balaban J connectivity index is 1.97. The molecule has 0 amide bonds. The van der Waals surface area contributed by atoms with Crippen LogP contribution in [0, 0.1) is 5.41 Å². The van der Waals surface area contributed by atoms with Crippen molar-refractivity contribution in [2.45, 2.75) is 32.7 Å². The van der Waals surface area contributed by atoms with Gasteiger partial charge in [0.2, 0.25) is 0 Å². The van der Waals surface area contributed by atoms with E-state index in [0.717, 1.165) is 23.1 Å². The van der Waals surface area contributed by atoms with Crippen LogP contribution in [0.15, 0.2) is 43.0 Å². The van der Waals surface area contributed by atoms with Crippen LogP contribution >= 0.6 is 0 Å². The van der Waals surface area contributed by atoms with Gasteiger partial charge in [0.05, 0.1) is 0 Å². The molecule has 0 spiro atoms. The van der Waals surface area contributed by atoms with Gasteiger partial charge in [0.1, 0.15) is 0 Å². The number of hydrogen-bond donors (Lipinski definition) is 1. The second-order valence-corrected chi connectivity index (χ2v) is 7.56. The van der Waals surface area contributed by atoms with Gasteiger partial charge in [0.15, 0.2) is 0 Å². The zero-order valence-corrected chi connectivity index (χ0v) is 15.2. The standard InChI is InChI=1S/C18H19N4Se/c1-18(2,3)13-6-4-12(5-7-13)9-22-10-15(16(19)23)14-8-20-11-21-17(14)22/h4-8,10-11,19H,9H2,1-3H3. The molecule has 0 aliphatic rings. The van der Waals surface area contributed by atoms with Crippen LogP contribution in [0.4, 0.5) is 0 Å². The fraction of sp³-hybridized carbons (Fsp3) is 0.278. The zero-order valence-electron chi connectivity index (χ0n) is 13.5. The first kappa shape index (κ1) is 15.9. The average molecular weight is 370 g/mol. The van der Waals surface area contributed by atoms with Gasteiger partial charge in [-0.25, -0.2) is 0 Å². The molecule has 1 aromatic carbocycles. The molecule has 3 rings (SSSR count). The van der Waals surface area contributed by atoms with Crippen molar-refractivity contribution in [3.05, 3.63) is 59.7 Å². The molecular formula is C18H19N4Se. The summed E-state index contributed by atoms with van der Waals surface area (Å²) in [5.74, 6) is 0. The SMILES string of the molecule is CC(C)(C)c1ccc(Cn2cc(C(=N)[Se])c3cncnc32)cc1. The number of hydrogen-bond acceptors (Lipinski definition) is 3. The second kappa shape index (κ2) is 5.91. The molecule has 0 aliphatic carbocycles. The maximum atomic E-state index is 7.88. The average Bonchev–Trinajstić information content (AvgIpc) is 2.86. The summed E-state index contributed by atoms with van der Waals surface area (Å²) < 4.78 is 2.48. The summed E-state index contributed by atoms with van der Waals surface area (Å²) in [6.07, 6.45) is 5.28. The molecule has 1 N–H and O–H groups in total. The first-order chi connectivity index (χ1) is 10.9. The number of fused-ring (bicyclic) bond motifs is 1. The van der Waals surface area contributed by atoms with E-state index in [9.17, 15) is 0 Å². The van der Waals surface area contributed by atoms with E-state index in [-0.39, 0.29) is 5.41 Å². The van der Waals surface area contributed by atoms with Gasteiger partial charge in [-0.05, 0) is 0 Å². The monoisotopic (exact) mass is 371 g/mol. The number of nitrogens with zero attached hydrogens (tertiary/aromatic N) is 3. The fourth-order valence-electron chi connectivity index (χ4n) is 2.64. The molecule has 0 atom stereocenters. The van der Waals surface area contributed by atoms with Crippen molar-refractivity contribution in [2.75, 3.05) is 0 Å². The van der Waals surface area contributed by atoms with Gasteiger partial charge in [0.25, 0.3) is 0 Å². The van der Waals surface area contributed by atoms with Crippen LogP contribution in [-0.4, -0.2) is 35.2 Å². The second-order valence-electron chi connectivity index (χ2n) is 6.71. The molecule has 117 valence electrons. The minimum absolute atomic E-state index is 0.159. The van der Waals surface area contributed by atoms with Crippen LogP contribution in [0.1, 0.15) is 37.5 Å². The van der Waals surface area contributed by atoms with Crippen molar-refractivity contribution in [1.29, 1.82) is 5.41 Å². The molecule has 3 aromatic rings. The van der Waals surface area contributed by atoms with Crippen molar-refractivity contribution in [2.24, 2.45) is 0 Å². The van der Waals surface area contributed by atoms with E-state index in [2.05, 4.69) is 75.6 Å². The van der Waals surface area contributed by atoms with Crippen molar-refractivity contribution in [1.82, 2.24) is 14.5 Å². The van der Waals surface area contributed by atoms with Gasteiger partial charge in [-0.3, -0.25) is 0 Å². The maximum absolute atomic E-state index is 7.88. The minimum atomic E-state index is 0.159. The predicted octanol–water partition coefficient (Wildman–Crippen LogP) is 3.27. The molecule has 1 radical (unpaired) electrons. The van der Waals surface area contributed by atoms with Crippen LogP contribution in [0.25, 0.3) is 11.0 Å². The third-order valence-corrected chi connectivity index (χ3v) is 4.42. The van der Waals surface area contributed by atoms with Crippen LogP contribution in [0.3, 0.4) is 0 Å². The van der Waals surface area contributed by atoms with Gasteiger partial charge in [0, 0.05) is 0 Å². The normalized spacial score (nSPS) is 11.8. The number of benzene rings is 1. The molecule has 5 heteroatoms. The summed E-state index contributed by atoms with van der Waals surface area (Å²) >= 11 is 2.76. The van der Waals surface area contributed by atoms with Gasteiger partial charge >= 0.3 is 144 Å².